The minimum atomic E-state index is 0.273. The van der Waals surface area contributed by atoms with Crippen molar-refractivity contribution < 1.29 is 14.7 Å². The van der Waals surface area contributed by atoms with Crippen molar-refractivity contribution in [1.82, 2.24) is 0 Å². The highest BCUT2D eigenvalue weighted by molar-refractivity contribution is 5.58. The first-order valence-corrected chi connectivity index (χ1v) is 5.32. The predicted molar refractivity (Wildman–Crippen MR) is 62.4 cm³/mol. The van der Waals surface area contributed by atoms with Gasteiger partial charge < -0.3 is 14.7 Å². The molecule has 0 aliphatic heterocycles. The lowest BCUT2D eigenvalue weighted by Crippen LogP contribution is -1.99. The van der Waals surface area contributed by atoms with Gasteiger partial charge in [0, 0.05) is 6.61 Å². The van der Waals surface area contributed by atoms with E-state index in [4.69, 9.17) is 14.7 Å². The summed E-state index contributed by atoms with van der Waals surface area (Å²) in [6.45, 7) is 3.75. The average Bonchev–Trinajstić information content (AvgIpc) is 2.32. The van der Waals surface area contributed by atoms with E-state index >= 15 is 0 Å². The zero-order valence-electron chi connectivity index (χ0n) is 9.43. The monoisotopic (exact) mass is 223 g/mol. The fraction of sp³-hybridized carbons (Fsp3) is 0.417. The number of ether oxygens (including phenoxy) is 2. The molecule has 0 unspecified atom stereocenters. The topological polar surface area (TPSA) is 51.0 Å². The van der Waals surface area contributed by atoms with Crippen molar-refractivity contribution in [1.29, 1.82) is 0 Å². The van der Waals surface area contributed by atoms with E-state index in [0.29, 0.717) is 0 Å². The van der Waals surface area contributed by atoms with E-state index < -0.39 is 0 Å². The van der Waals surface area contributed by atoms with Gasteiger partial charge in [-0.3, -0.25) is 0 Å². The van der Waals surface area contributed by atoms with Crippen LogP contribution >= 0.6 is 0 Å². The Morgan fingerprint density at radius 2 is 2.06 bits per heavy atom. The standard InChI is InChI=1S/C12H17NO3/c1-2-15-9-7-11-3-5-12(6-4-11)16-10-8-13-14/h3-6,8,14H,2,7,9-10H2,1H3/b13-8-. The van der Waals surface area contributed by atoms with Crippen LogP contribution in [0.3, 0.4) is 0 Å². The summed E-state index contributed by atoms with van der Waals surface area (Å²) in [5, 5.41) is 11.0. The maximum Gasteiger partial charge on any atom is 0.127 e. The first-order chi connectivity index (χ1) is 7.86. The van der Waals surface area contributed by atoms with Crippen molar-refractivity contribution in [2.24, 2.45) is 5.16 Å². The van der Waals surface area contributed by atoms with Crippen molar-refractivity contribution in [2.75, 3.05) is 19.8 Å². The molecule has 4 heteroatoms. The molecule has 4 nitrogen and oxygen atoms in total. The second kappa shape index (κ2) is 7.70. The molecular weight excluding hydrogens is 206 g/mol. The van der Waals surface area contributed by atoms with Crippen LogP contribution < -0.4 is 4.74 Å². The van der Waals surface area contributed by atoms with E-state index in [1.807, 2.05) is 31.2 Å². The third-order valence-corrected chi connectivity index (χ3v) is 2.07. The molecule has 0 radical (unpaired) electrons. The number of hydrogen-bond acceptors (Lipinski definition) is 4. The highest BCUT2D eigenvalue weighted by atomic mass is 16.5. The minimum Gasteiger partial charge on any atom is -0.488 e. The molecule has 88 valence electrons. The van der Waals surface area contributed by atoms with Gasteiger partial charge in [-0.25, -0.2) is 0 Å². The van der Waals surface area contributed by atoms with E-state index in [1.165, 1.54) is 11.8 Å². The smallest absolute Gasteiger partial charge is 0.127 e. The Labute approximate surface area is 95.5 Å². The van der Waals surface area contributed by atoms with Gasteiger partial charge >= 0.3 is 0 Å². The summed E-state index contributed by atoms with van der Waals surface area (Å²) in [5.74, 6) is 0.764. The lowest BCUT2D eigenvalue weighted by molar-refractivity contribution is 0.151. The molecule has 0 saturated heterocycles. The molecule has 1 N–H and O–H groups in total. The average molecular weight is 223 g/mol. The summed E-state index contributed by atoms with van der Waals surface area (Å²) in [6, 6.07) is 7.80. The van der Waals surface area contributed by atoms with Crippen molar-refractivity contribution >= 4 is 6.21 Å². The maximum atomic E-state index is 8.18. The summed E-state index contributed by atoms with van der Waals surface area (Å²) in [5.41, 5.74) is 1.22. The molecule has 0 spiro atoms. The molecule has 1 aromatic carbocycles. The lowest BCUT2D eigenvalue weighted by atomic mass is 10.1. The van der Waals surface area contributed by atoms with Crippen LogP contribution in [0.15, 0.2) is 29.4 Å². The lowest BCUT2D eigenvalue weighted by Gasteiger charge is -2.05. The van der Waals surface area contributed by atoms with Crippen LogP contribution in [-0.2, 0) is 11.2 Å². The van der Waals surface area contributed by atoms with E-state index in [1.54, 1.807) is 0 Å². The predicted octanol–water partition coefficient (Wildman–Crippen LogP) is 2.10. The summed E-state index contributed by atoms with van der Waals surface area (Å²) >= 11 is 0. The van der Waals surface area contributed by atoms with Crippen molar-refractivity contribution in [3.8, 4) is 5.75 Å². The Morgan fingerprint density at radius 1 is 1.31 bits per heavy atom. The number of rotatable bonds is 7. The zero-order valence-corrected chi connectivity index (χ0v) is 9.43. The van der Waals surface area contributed by atoms with Gasteiger partial charge in [-0.1, -0.05) is 17.3 Å². The fourth-order valence-corrected chi connectivity index (χ4v) is 1.25. The van der Waals surface area contributed by atoms with Gasteiger partial charge in [0.1, 0.15) is 12.4 Å². The Morgan fingerprint density at radius 3 is 2.69 bits per heavy atom. The molecule has 0 amide bonds. The van der Waals surface area contributed by atoms with Crippen LogP contribution in [0.2, 0.25) is 0 Å². The summed E-state index contributed by atoms with van der Waals surface area (Å²) < 4.78 is 10.6. The van der Waals surface area contributed by atoms with Gasteiger partial charge in [-0.15, -0.1) is 0 Å². The van der Waals surface area contributed by atoms with Crippen LogP contribution in [0.4, 0.5) is 0 Å². The molecule has 1 rings (SSSR count). The van der Waals surface area contributed by atoms with Gasteiger partial charge in [0.05, 0.1) is 12.8 Å². The molecule has 0 aromatic heterocycles. The molecule has 0 aliphatic carbocycles. The van der Waals surface area contributed by atoms with Crippen LogP contribution in [0.25, 0.3) is 0 Å². The minimum absolute atomic E-state index is 0.273. The molecule has 0 bridgehead atoms. The van der Waals surface area contributed by atoms with Gasteiger partial charge in [-0.05, 0) is 31.0 Å². The number of benzene rings is 1. The van der Waals surface area contributed by atoms with Crippen LogP contribution in [0, 0.1) is 0 Å². The van der Waals surface area contributed by atoms with Gasteiger partial charge in [0.25, 0.3) is 0 Å². The third kappa shape index (κ3) is 4.79. The first-order valence-electron chi connectivity index (χ1n) is 5.32. The zero-order chi connectivity index (χ0) is 11.6. The second-order valence-corrected chi connectivity index (χ2v) is 3.20. The molecular formula is C12H17NO3. The Hall–Kier alpha value is -1.55. The highest BCUT2D eigenvalue weighted by Crippen LogP contribution is 2.12. The fourth-order valence-electron chi connectivity index (χ4n) is 1.25. The van der Waals surface area contributed by atoms with E-state index in [2.05, 4.69) is 5.16 Å². The molecule has 0 fully saturated rings. The first kappa shape index (κ1) is 12.5. The Bertz CT molecular complexity index is 309. The number of hydrogen-bond donors (Lipinski definition) is 1. The SMILES string of the molecule is CCOCCc1ccc(OC/C=N\O)cc1. The van der Waals surface area contributed by atoms with Crippen molar-refractivity contribution in [3.05, 3.63) is 29.8 Å². The van der Waals surface area contributed by atoms with Crippen LogP contribution in [0.5, 0.6) is 5.75 Å². The number of nitrogens with zero attached hydrogens (tertiary/aromatic N) is 1. The highest BCUT2D eigenvalue weighted by Gasteiger charge is 1.95. The van der Waals surface area contributed by atoms with Crippen molar-refractivity contribution in [3.63, 3.8) is 0 Å². The molecule has 0 heterocycles. The Kier molecular flexibility index (Phi) is 6.03. The van der Waals surface area contributed by atoms with Crippen LogP contribution in [0.1, 0.15) is 12.5 Å². The molecule has 0 atom stereocenters. The van der Waals surface area contributed by atoms with E-state index in [-0.39, 0.29) is 6.61 Å². The quantitative estimate of drug-likeness (QED) is 0.333. The molecule has 0 aliphatic rings. The third-order valence-electron chi connectivity index (χ3n) is 2.07. The molecule has 0 saturated carbocycles. The number of oxime groups is 1. The normalized spacial score (nSPS) is 10.8. The van der Waals surface area contributed by atoms with E-state index in [0.717, 1.165) is 25.4 Å². The summed E-state index contributed by atoms with van der Waals surface area (Å²) in [4.78, 5) is 0. The van der Waals surface area contributed by atoms with Crippen LogP contribution in [-0.4, -0.2) is 31.2 Å². The second-order valence-electron chi connectivity index (χ2n) is 3.20. The van der Waals surface area contributed by atoms with Gasteiger partial charge in [0.2, 0.25) is 0 Å². The molecule has 1 aromatic rings. The summed E-state index contributed by atoms with van der Waals surface area (Å²) in [7, 11) is 0. The van der Waals surface area contributed by atoms with Crippen molar-refractivity contribution in [2.45, 2.75) is 13.3 Å². The maximum absolute atomic E-state index is 8.18. The summed E-state index contributed by atoms with van der Waals surface area (Å²) in [6.07, 6.45) is 2.20. The molecule has 16 heavy (non-hydrogen) atoms. The van der Waals surface area contributed by atoms with E-state index in [9.17, 15) is 0 Å². The Balaban J connectivity index is 2.35. The van der Waals surface area contributed by atoms with Gasteiger partial charge in [0.15, 0.2) is 0 Å². The van der Waals surface area contributed by atoms with Gasteiger partial charge in [-0.2, -0.15) is 0 Å². The largest absolute Gasteiger partial charge is 0.488 e.